The van der Waals surface area contributed by atoms with E-state index in [4.69, 9.17) is 9.11 Å². The first-order valence-electron chi connectivity index (χ1n) is 13.7. The van der Waals surface area contributed by atoms with Gasteiger partial charge in [-0.25, -0.2) is 0 Å². The van der Waals surface area contributed by atoms with Gasteiger partial charge in [-0.05, 0) is 47.2 Å². The van der Waals surface area contributed by atoms with Gasteiger partial charge in [-0.3, -0.25) is 9.11 Å². The Balaban J connectivity index is 1.83. The first kappa shape index (κ1) is 32.8. The molecule has 10 heteroatoms. The van der Waals surface area contributed by atoms with Crippen LogP contribution in [0.25, 0.3) is 10.8 Å². The molecule has 1 heterocycles. The molecule has 0 spiro atoms. The van der Waals surface area contributed by atoms with Crippen molar-refractivity contribution in [1.29, 1.82) is 0 Å². The molecule has 41 heavy (non-hydrogen) atoms. The van der Waals surface area contributed by atoms with Crippen LogP contribution in [0.3, 0.4) is 0 Å². The Labute approximate surface area is 244 Å². The molecule has 8 nitrogen and oxygen atoms in total. The van der Waals surface area contributed by atoms with Gasteiger partial charge in [0.05, 0.1) is 11.9 Å². The second kappa shape index (κ2) is 13.5. The molecule has 0 saturated carbocycles. The van der Waals surface area contributed by atoms with Crippen molar-refractivity contribution in [3.63, 3.8) is 0 Å². The minimum Gasteiger partial charge on any atom is -0.391 e. The van der Waals surface area contributed by atoms with E-state index in [1.54, 1.807) is 18.2 Å². The lowest BCUT2D eigenvalue weighted by Crippen LogP contribution is -2.30. The standard InChI is InChI=1S/C31H41NO7S2/c1-23(2)25(28(33)22-41(37,38)39)15-8-6-5-7-9-17-29-31(3,4)30-26-16-11-10-14-24(26)18-19-27(30)32(29)20-12-13-21-40(34,35)36/h5-11,14-19,23,25,28,33H,12-13,20-22H2,1-4H3,(H,34,35,36)(H,37,38,39). The topological polar surface area (TPSA) is 132 Å². The predicted molar refractivity (Wildman–Crippen MR) is 166 cm³/mol. The molecular formula is C31H41NO7S2. The number of hydrogen-bond donors (Lipinski definition) is 3. The molecule has 3 N–H and O–H groups in total. The lowest BCUT2D eigenvalue weighted by atomic mass is 9.81. The van der Waals surface area contributed by atoms with Crippen LogP contribution in [-0.2, 0) is 25.7 Å². The van der Waals surface area contributed by atoms with Crippen LogP contribution < -0.4 is 4.90 Å². The average Bonchev–Trinajstić information content (AvgIpc) is 3.07. The Morgan fingerprint density at radius 1 is 0.878 bits per heavy atom. The van der Waals surface area contributed by atoms with E-state index >= 15 is 0 Å². The zero-order valence-corrected chi connectivity index (χ0v) is 25.6. The number of rotatable bonds is 13. The maximum Gasteiger partial charge on any atom is 0.267 e. The number of aliphatic hydroxyl groups is 1. The van der Waals surface area contributed by atoms with Crippen LogP contribution in [0, 0.1) is 11.8 Å². The van der Waals surface area contributed by atoms with Crippen LogP contribution in [0.4, 0.5) is 5.69 Å². The molecule has 1 aliphatic heterocycles. The van der Waals surface area contributed by atoms with Crippen LogP contribution >= 0.6 is 0 Å². The molecule has 0 radical (unpaired) electrons. The smallest absolute Gasteiger partial charge is 0.267 e. The average molecular weight is 604 g/mol. The zero-order chi connectivity index (χ0) is 30.4. The fraction of sp³-hybridized carbons (Fsp3) is 0.419. The first-order valence-corrected chi connectivity index (χ1v) is 16.9. The van der Waals surface area contributed by atoms with Gasteiger partial charge < -0.3 is 10.0 Å². The summed E-state index contributed by atoms with van der Waals surface area (Å²) in [5.74, 6) is -1.44. The van der Waals surface area contributed by atoms with Crippen molar-refractivity contribution in [2.24, 2.45) is 11.8 Å². The zero-order valence-electron chi connectivity index (χ0n) is 24.0. The molecular weight excluding hydrogens is 562 g/mol. The van der Waals surface area contributed by atoms with Gasteiger partial charge >= 0.3 is 0 Å². The number of allylic oxidation sites excluding steroid dienone is 7. The summed E-state index contributed by atoms with van der Waals surface area (Å²) in [5, 5.41) is 12.5. The normalized spacial score (nSPS) is 18.4. The van der Waals surface area contributed by atoms with Crippen molar-refractivity contribution in [3.05, 3.63) is 90.2 Å². The third-order valence-corrected chi connectivity index (χ3v) is 8.98. The molecule has 3 rings (SSSR count). The van der Waals surface area contributed by atoms with Gasteiger partial charge in [-0.15, -0.1) is 0 Å². The molecule has 2 atom stereocenters. The Kier molecular flexibility index (Phi) is 10.8. The van der Waals surface area contributed by atoms with Crippen molar-refractivity contribution < 1.29 is 31.0 Å². The van der Waals surface area contributed by atoms with Crippen molar-refractivity contribution >= 4 is 36.7 Å². The first-order chi connectivity index (χ1) is 19.1. The molecule has 2 unspecified atom stereocenters. The van der Waals surface area contributed by atoms with Crippen LogP contribution in [0.2, 0.25) is 0 Å². The largest absolute Gasteiger partial charge is 0.391 e. The van der Waals surface area contributed by atoms with Crippen molar-refractivity contribution in [3.8, 4) is 0 Å². The highest BCUT2D eigenvalue weighted by Gasteiger charge is 2.40. The van der Waals surface area contributed by atoms with E-state index < -0.39 is 38.0 Å². The highest BCUT2D eigenvalue weighted by molar-refractivity contribution is 7.86. The fourth-order valence-electron chi connectivity index (χ4n) is 5.48. The fourth-order valence-corrected chi connectivity index (χ4v) is 6.71. The number of aliphatic hydroxyl groups excluding tert-OH is 1. The lowest BCUT2D eigenvalue weighted by Gasteiger charge is -2.27. The molecule has 2 aromatic carbocycles. The van der Waals surface area contributed by atoms with E-state index in [0.717, 1.165) is 16.8 Å². The van der Waals surface area contributed by atoms with Gasteiger partial charge in [0.25, 0.3) is 20.2 Å². The predicted octanol–water partition coefficient (Wildman–Crippen LogP) is 5.68. The van der Waals surface area contributed by atoms with Gasteiger partial charge in [-0.2, -0.15) is 16.8 Å². The molecule has 2 aromatic rings. The Hall–Kier alpha value is -2.76. The van der Waals surface area contributed by atoms with Gasteiger partial charge in [0.1, 0.15) is 5.75 Å². The summed E-state index contributed by atoms with van der Waals surface area (Å²) in [7, 11) is -8.28. The minimum atomic E-state index is -4.27. The quantitative estimate of drug-likeness (QED) is 0.151. The highest BCUT2D eigenvalue weighted by Crippen LogP contribution is 2.50. The molecule has 0 amide bonds. The molecule has 1 aliphatic rings. The SMILES string of the molecule is CC(C)C(C=CC=CC=CC=C1N(CCCCS(=O)(=O)O)c2ccc3ccccc3c2C1(C)C)C(O)CS(=O)(=O)O. The summed E-state index contributed by atoms with van der Waals surface area (Å²) >= 11 is 0. The molecule has 0 aliphatic carbocycles. The number of fused-ring (bicyclic) bond motifs is 3. The van der Waals surface area contributed by atoms with Gasteiger partial charge in [0.2, 0.25) is 0 Å². The van der Waals surface area contributed by atoms with Crippen molar-refractivity contribution in [2.45, 2.75) is 52.1 Å². The Morgan fingerprint density at radius 2 is 1.54 bits per heavy atom. The van der Waals surface area contributed by atoms with Crippen LogP contribution in [-0.4, -0.2) is 55.2 Å². The van der Waals surface area contributed by atoms with E-state index in [1.165, 1.54) is 10.9 Å². The monoisotopic (exact) mass is 603 g/mol. The summed E-state index contributed by atoms with van der Waals surface area (Å²) in [6.45, 7) is 8.70. The number of anilines is 1. The molecule has 0 aromatic heterocycles. The Bertz CT molecular complexity index is 1550. The summed E-state index contributed by atoms with van der Waals surface area (Å²) in [6, 6.07) is 12.5. The van der Waals surface area contributed by atoms with Gasteiger partial charge in [0.15, 0.2) is 0 Å². The third-order valence-electron chi connectivity index (χ3n) is 7.42. The van der Waals surface area contributed by atoms with E-state index in [9.17, 15) is 21.9 Å². The summed E-state index contributed by atoms with van der Waals surface area (Å²) in [6.07, 6.45) is 12.7. The summed E-state index contributed by atoms with van der Waals surface area (Å²) in [4.78, 5) is 2.23. The second-order valence-electron chi connectivity index (χ2n) is 11.3. The number of benzene rings is 2. The van der Waals surface area contributed by atoms with Gasteiger partial charge in [-0.1, -0.05) is 94.5 Å². The number of unbranched alkanes of at least 4 members (excludes halogenated alkanes) is 1. The van der Waals surface area contributed by atoms with Gasteiger partial charge in [0, 0.05) is 29.3 Å². The molecule has 224 valence electrons. The highest BCUT2D eigenvalue weighted by atomic mass is 32.2. The van der Waals surface area contributed by atoms with E-state index in [-0.39, 0.29) is 17.1 Å². The van der Waals surface area contributed by atoms with Crippen LogP contribution in [0.1, 0.15) is 46.1 Å². The van der Waals surface area contributed by atoms with Crippen LogP contribution in [0.15, 0.2) is 84.6 Å². The maximum absolute atomic E-state index is 11.2. The van der Waals surface area contributed by atoms with E-state index in [1.807, 2.05) is 44.2 Å². The van der Waals surface area contributed by atoms with E-state index in [0.29, 0.717) is 19.4 Å². The summed E-state index contributed by atoms with van der Waals surface area (Å²) < 4.78 is 62.9. The van der Waals surface area contributed by atoms with Crippen molar-refractivity contribution in [1.82, 2.24) is 0 Å². The third kappa shape index (κ3) is 8.86. The number of hydrogen-bond acceptors (Lipinski definition) is 6. The lowest BCUT2D eigenvalue weighted by molar-refractivity contribution is 0.126. The van der Waals surface area contributed by atoms with Crippen LogP contribution in [0.5, 0.6) is 0 Å². The van der Waals surface area contributed by atoms with Crippen molar-refractivity contribution in [2.75, 3.05) is 23.0 Å². The summed E-state index contributed by atoms with van der Waals surface area (Å²) in [5.41, 5.74) is 3.05. The minimum absolute atomic E-state index is 0.0255. The number of nitrogens with zero attached hydrogens (tertiary/aromatic N) is 1. The maximum atomic E-state index is 11.2. The second-order valence-corrected chi connectivity index (χ2v) is 14.4. The Morgan fingerprint density at radius 3 is 2.20 bits per heavy atom. The molecule has 0 fully saturated rings. The molecule has 0 bridgehead atoms. The molecule has 0 saturated heterocycles. The van der Waals surface area contributed by atoms with E-state index in [2.05, 4.69) is 49.1 Å².